The number of amides is 1. The van der Waals surface area contributed by atoms with Crippen molar-refractivity contribution < 1.29 is 9.53 Å². The largest absolute Gasteiger partial charge is 0.494 e. The zero-order chi connectivity index (χ0) is 17.4. The van der Waals surface area contributed by atoms with E-state index in [0.29, 0.717) is 13.2 Å². The van der Waals surface area contributed by atoms with Crippen molar-refractivity contribution in [1.29, 1.82) is 0 Å². The Balaban J connectivity index is 1.90. The van der Waals surface area contributed by atoms with Gasteiger partial charge in [0.2, 0.25) is 5.91 Å². The summed E-state index contributed by atoms with van der Waals surface area (Å²) in [6, 6.07) is 7.96. The lowest BCUT2D eigenvalue weighted by Crippen LogP contribution is -2.30. The van der Waals surface area contributed by atoms with Crippen molar-refractivity contribution in [3.8, 4) is 16.3 Å². The van der Waals surface area contributed by atoms with E-state index in [0.717, 1.165) is 27.8 Å². The predicted molar refractivity (Wildman–Crippen MR) is 103 cm³/mol. The molecule has 1 amide bonds. The van der Waals surface area contributed by atoms with Crippen LogP contribution in [0.1, 0.15) is 19.5 Å². The van der Waals surface area contributed by atoms with Crippen LogP contribution in [-0.4, -0.2) is 29.3 Å². The second-order valence-electron chi connectivity index (χ2n) is 5.09. The van der Waals surface area contributed by atoms with E-state index in [-0.39, 0.29) is 11.2 Å². The van der Waals surface area contributed by atoms with E-state index in [2.05, 4.69) is 16.9 Å². The molecule has 0 spiro atoms. The number of ether oxygens (including phenoxy) is 1. The Morgan fingerprint density at radius 2 is 2.21 bits per heavy atom. The van der Waals surface area contributed by atoms with Crippen molar-refractivity contribution in [2.75, 3.05) is 13.2 Å². The molecule has 1 atom stereocenters. The molecule has 0 saturated carbocycles. The first kappa shape index (κ1) is 18.5. The third-order valence-corrected chi connectivity index (χ3v) is 5.35. The smallest absolute Gasteiger partial charge is 0.233 e. The van der Waals surface area contributed by atoms with Gasteiger partial charge in [-0.25, -0.2) is 4.98 Å². The van der Waals surface area contributed by atoms with Crippen LogP contribution >= 0.6 is 23.1 Å². The van der Waals surface area contributed by atoms with Gasteiger partial charge in [0, 0.05) is 23.2 Å². The Morgan fingerprint density at radius 1 is 1.46 bits per heavy atom. The summed E-state index contributed by atoms with van der Waals surface area (Å²) in [4.78, 5) is 16.5. The average Bonchev–Trinajstić information content (AvgIpc) is 3.07. The van der Waals surface area contributed by atoms with E-state index in [4.69, 9.17) is 4.74 Å². The predicted octanol–water partition coefficient (Wildman–Crippen LogP) is 4.13. The Morgan fingerprint density at radius 3 is 2.88 bits per heavy atom. The van der Waals surface area contributed by atoms with Gasteiger partial charge in [0.05, 0.1) is 17.6 Å². The van der Waals surface area contributed by atoms with Crippen molar-refractivity contribution in [2.45, 2.75) is 24.9 Å². The summed E-state index contributed by atoms with van der Waals surface area (Å²) >= 11 is 3.20. The first-order valence-electron chi connectivity index (χ1n) is 7.82. The number of thioether (sulfide) groups is 1. The molecule has 1 aromatic carbocycles. The van der Waals surface area contributed by atoms with Crippen LogP contribution in [-0.2, 0) is 10.5 Å². The molecule has 128 valence electrons. The fourth-order valence-corrected chi connectivity index (χ4v) is 3.70. The zero-order valence-corrected chi connectivity index (χ0v) is 15.6. The monoisotopic (exact) mass is 362 g/mol. The molecule has 1 unspecified atom stereocenters. The summed E-state index contributed by atoms with van der Waals surface area (Å²) in [6.07, 6.45) is 1.68. The number of carbonyl (C=O) groups is 1. The minimum Gasteiger partial charge on any atom is -0.494 e. The van der Waals surface area contributed by atoms with Crippen LogP contribution in [0.2, 0.25) is 0 Å². The lowest BCUT2D eigenvalue weighted by molar-refractivity contribution is -0.120. The maximum absolute atomic E-state index is 11.8. The summed E-state index contributed by atoms with van der Waals surface area (Å²) in [6.45, 7) is 8.64. The molecule has 24 heavy (non-hydrogen) atoms. The summed E-state index contributed by atoms with van der Waals surface area (Å²) in [5.41, 5.74) is 2.08. The zero-order valence-electron chi connectivity index (χ0n) is 14.0. The molecule has 2 aromatic rings. The number of hydrogen-bond donors (Lipinski definition) is 1. The minimum atomic E-state index is -0.111. The highest BCUT2D eigenvalue weighted by Crippen LogP contribution is 2.28. The second kappa shape index (κ2) is 9.49. The Kier molecular flexibility index (Phi) is 7.34. The number of benzene rings is 1. The summed E-state index contributed by atoms with van der Waals surface area (Å²) in [5.74, 6) is 1.62. The number of aromatic nitrogens is 1. The molecule has 0 aliphatic rings. The van der Waals surface area contributed by atoms with Crippen LogP contribution < -0.4 is 10.1 Å². The number of thiazole rings is 1. The van der Waals surface area contributed by atoms with Gasteiger partial charge in [0.15, 0.2) is 0 Å². The van der Waals surface area contributed by atoms with Gasteiger partial charge in [0.1, 0.15) is 10.8 Å². The molecule has 4 nitrogen and oxygen atoms in total. The molecule has 0 fully saturated rings. The lowest BCUT2D eigenvalue weighted by atomic mass is 10.2. The number of nitrogens with one attached hydrogen (secondary N) is 1. The standard InChI is InChI=1S/C18H22N2O2S2/c1-4-10-19-17(21)13(3)23-11-15-12-24-18(20-15)14-6-8-16(9-7-14)22-5-2/h4,6-9,12-13H,1,5,10-11H2,2-3H3,(H,19,21). The van der Waals surface area contributed by atoms with Crippen LogP contribution in [0.3, 0.4) is 0 Å². The fourth-order valence-electron chi connectivity index (χ4n) is 1.97. The highest BCUT2D eigenvalue weighted by atomic mass is 32.2. The molecule has 1 aromatic heterocycles. The van der Waals surface area contributed by atoms with Gasteiger partial charge in [-0.2, -0.15) is 0 Å². The normalized spacial score (nSPS) is 11.8. The Labute approximate surface area is 151 Å². The lowest BCUT2D eigenvalue weighted by Gasteiger charge is -2.09. The molecular formula is C18H22N2O2S2. The van der Waals surface area contributed by atoms with Gasteiger partial charge in [-0.15, -0.1) is 29.7 Å². The molecule has 1 N–H and O–H groups in total. The van der Waals surface area contributed by atoms with Crippen molar-refractivity contribution in [1.82, 2.24) is 10.3 Å². The third-order valence-electron chi connectivity index (χ3n) is 3.24. The molecule has 2 rings (SSSR count). The third kappa shape index (κ3) is 5.39. The van der Waals surface area contributed by atoms with Gasteiger partial charge < -0.3 is 10.1 Å². The van der Waals surface area contributed by atoms with Crippen LogP contribution in [0.4, 0.5) is 0 Å². The number of nitrogens with zero attached hydrogens (tertiary/aromatic N) is 1. The molecule has 6 heteroatoms. The topological polar surface area (TPSA) is 51.2 Å². The van der Waals surface area contributed by atoms with E-state index in [1.165, 1.54) is 0 Å². The van der Waals surface area contributed by atoms with Crippen LogP contribution in [0.15, 0.2) is 42.3 Å². The van der Waals surface area contributed by atoms with Crippen molar-refractivity contribution >= 4 is 29.0 Å². The van der Waals surface area contributed by atoms with Crippen molar-refractivity contribution in [3.63, 3.8) is 0 Å². The maximum Gasteiger partial charge on any atom is 0.233 e. The van der Waals surface area contributed by atoms with Crippen molar-refractivity contribution in [2.24, 2.45) is 0 Å². The summed E-state index contributed by atoms with van der Waals surface area (Å²) < 4.78 is 5.45. The van der Waals surface area contributed by atoms with Crippen LogP contribution in [0, 0.1) is 0 Å². The second-order valence-corrected chi connectivity index (χ2v) is 7.28. The highest BCUT2D eigenvalue weighted by molar-refractivity contribution is 7.99. The van der Waals surface area contributed by atoms with Gasteiger partial charge in [0.25, 0.3) is 0 Å². The molecule has 0 saturated heterocycles. The van der Waals surface area contributed by atoms with Crippen LogP contribution in [0.25, 0.3) is 10.6 Å². The molecule has 1 heterocycles. The van der Waals surface area contributed by atoms with Crippen LogP contribution in [0.5, 0.6) is 5.75 Å². The van der Waals surface area contributed by atoms with E-state index in [1.54, 1.807) is 29.2 Å². The van der Waals surface area contributed by atoms with E-state index in [9.17, 15) is 4.79 Å². The average molecular weight is 363 g/mol. The number of hydrogen-bond acceptors (Lipinski definition) is 5. The number of rotatable bonds is 9. The van der Waals surface area contributed by atoms with E-state index >= 15 is 0 Å². The van der Waals surface area contributed by atoms with Crippen molar-refractivity contribution in [3.05, 3.63) is 48.0 Å². The molecule has 0 radical (unpaired) electrons. The van der Waals surface area contributed by atoms with E-state index in [1.807, 2.05) is 43.5 Å². The molecule has 0 aliphatic carbocycles. The minimum absolute atomic E-state index is 0.0295. The van der Waals surface area contributed by atoms with Gasteiger partial charge >= 0.3 is 0 Å². The maximum atomic E-state index is 11.8. The molecular weight excluding hydrogens is 340 g/mol. The summed E-state index contributed by atoms with van der Waals surface area (Å²) in [5, 5.41) is 5.73. The Hall–Kier alpha value is -1.79. The number of carbonyl (C=O) groups excluding carboxylic acids is 1. The van der Waals surface area contributed by atoms with Gasteiger partial charge in [-0.05, 0) is 38.1 Å². The molecule has 0 aliphatic heterocycles. The van der Waals surface area contributed by atoms with E-state index < -0.39 is 0 Å². The SMILES string of the molecule is C=CCNC(=O)C(C)SCc1csc(-c2ccc(OCC)cc2)n1. The van der Waals surface area contributed by atoms with Gasteiger partial charge in [-0.3, -0.25) is 4.79 Å². The highest BCUT2D eigenvalue weighted by Gasteiger charge is 2.13. The quantitative estimate of drug-likeness (QED) is 0.682. The summed E-state index contributed by atoms with van der Waals surface area (Å²) in [7, 11) is 0. The first-order chi connectivity index (χ1) is 11.6. The fraction of sp³-hybridized carbons (Fsp3) is 0.333. The van der Waals surface area contributed by atoms with Gasteiger partial charge in [-0.1, -0.05) is 6.08 Å². The first-order valence-corrected chi connectivity index (χ1v) is 9.74. The molecule has 0 bridgehead atoms. The Bertz CT molecular complexity index is 668.